The van der Waals surface area contributed by atoms with Crippen molar-refractivity contribution in [2.45, 2.75) is 13.3 Å². The number of halogens is 3. The van der Waals surface area contributed by atoms with Crippen molar-refractivity contribution in [3.63, 3.8) is 0 Å². The Morgan fingerprint density at radius 1 is 1.00 bits per heavy atom. The summed E-state index contributed by atoms with van der Waals surface area (Å²) in [5.41, 5.74) is 0.719. The number of hydrogen-bond acceptors (Lipinski definition) is 2. The van der Waals surface area contributed by atoms with Crippen LogP contribution < -0.4 is 0 Å². The lowest BCUT2D eigenvalue weighted by atomic mass is 10.1. The summed E-state index contributed by atoms with van der Waals surface area (Å²) in [6.07, 6.45) is 0. The highest BCUT2D eigenvalue weighted by Gasteiger charge is 2.39. The zero-order valence-electron chi connectivity index (χ0n) is 9.32. The van der Waals surface area contributed by atoms with Gasteiger partial charge in [0.05, 0.1) is 4.90 Å². The normalized spacial score (nSPS) is 12.9. The van der Waals surface area contributed by atoms with Gasteiger partial charge in [-0.1, -0.05) is 36.4 Å². The lowest BCUT2D eigenvalue weighted by Gasteiger charge is -2.17. The number of sulfone groups is 1. The summed E-state index contributed by atoms with van der Waals surface area (Å²) in [6, 6.07) is 11.2. The van der Waals surface area contributed by atoms with Crippen LogP contribution in [0.4, 0.5) is 0 Å². The van der Waals surface area contributed by atoms with Crippen LogP contribution in [0.25, 0.3) is 10.8 Å². The smallest absolute Gasteiger partial charge is 0.220 e. The van der Waals surface area contributed by atoms with Crippen molar-refractivity contribution in [3.8, 4) is 0 Å². The van der Waals surface area contributed by atoms with Crippen molar-refractivity contribution in [2.24, 2.45) is 0 Å². The molecule has 18 heavy (non-hydrogen) atoms. The Hall–Kier alpha value is 0.0900. The maximum absolute atomic E-state index is 12.5. The number of aryl methyl sites for hydroxylation is 1. The van der Waals surface area contributed by atoms with Crippen LogP contribution in [0.3, 0.4) is 0 Å². The number of hydrogen-bond donors (Lipinski definition) is 0. The topological polar surface area (TPSA) is 34.1 Å². The lowest BCUT2D eigenvalue weighted by Crippen LogP contribution is -2.19. The van der Waals surface area contributed by atoms with E-state index in [1.807, 2.05) is 36.4 Å². The van der Waals surface area contributed by atoms with Crippen molar-refractivity contribution in [1.82, 2.24) is 0 Å². The van der Waals surface area contributed by atoms with Crippen molar-refractivity contribution in [2.75, 3.05) is 0 Å². The second kappa shape index (κ2) is 4.89. The molecule has 96 valence electrons. The lowest BCUT2D eigenvalue weighted by molar-refractivity contribution is 0.599. The molecule has 0 heterocycles. The largest absolute Gasteiger partial charge is 0.239 e. The number of fused-ring (bicyclic) bond motifs is 1. The molecule has 0 fully saturated rings. The van der Waals surface area contributed by atoms with Gasteiger partial charge in [-0.2, -0.15) is 0 Å². The van der Waals surface area contributed by atoms with Gasteiger partial charge in [0.2, 0.25) is 11.3 Å². The quantitative estimate of drug-likeness (QED) is 0.582. The van der Waals surface area contributed by atoms with E-state index in [-0.39, 0.29) is 0 Å². The van der Waals surface area contributed by atoms with E-state index in [0.717, 1.165) is 16.3 Å². The third-order valence-corrected chi connectivity index (χ3v) is 8.17. The van der Waals surface area contributed by atoms with E-state index in [9.17, 15) is 8.42 Å². The Balaban J connectivity index is 2.91. The van der Waals surface area contributed by atoms with Crippen LogP contribution in [-0.2, 0) is 9.84 Å². The minimum absolute atomic E-state index is 0.325. The first-order valence-electron chi connectivity index (χ1n) is 5.05. The van der Waals surface area contributed by atoms with Gasteiger partial charge in [0.15, 0.2) is 0 Å². The van der Waals surface area contributed by atoms with Gasteiger partial charge in [-0.15, -0.1) is 0 Å². The molecule has 0 aliphatic rings. The van der Waals surface area contributed by atoms with Gasteiger partial charge < -0.3 is 0 Å². The number of benzene rings is 2. The third-order valence-electron chi connectivity index (χ3n) is 2.65. The fraction of sp³-hybridized carbons (Fsp3) is 0.167. The highest BCUT2D eigenvalue weighted by molar-refractivity contribution is 9.42. The van der Waals surface area contributed by atoms with Gasteiger partial charge in [0, 0.05) is 5.39 Å². The fourth-order valence-corrected chi connectivity index (χ4v) is 4.48. The minimum Gasteiger partial charge on any atom is -0.220 e. The summed E-state index contributed by atoms with van der Waals surface area (Å²) in [6.45, 7) is 1.79. The van der Waals surface area contributed by atoms with Crippen LogP contribution in [0.2, 0.25) is 0 Å². The highest BCUT2D eigenvalue weighted by atomic mass is 80.0. The molecule has 0 saturated heterocycles. The van der Waals surface area contributed by atoms with E-state index in [4.69, 9.17) is 0 Å². The summed E-state index contributed by atoms with van der Waals surface area (Å²) in [5.74, 6) is 0. The van der Waals surface area contributed by atoms with Crippen LogP contribution >= 0.6 is 47.8 Å². The van der Waals surface area contributed by atoms with E-state index in [2.05, 4.69) is 47.8 Å². The molecule has 0 N–H and O–H groups in total. The molecule has 2 nitrogen and oxygen atoms in total. The average Bonchev–Trinajstić information content (AvgIpc) is 2.26. The molecule has 0 amide bonds. The molecule has 2 rings (SSSR count). The second-order valence-electron chi connectivity index (χ2n) is 3.88. The Morgan fingerprint density at radius 3 is 2.22 bits per heavy atom. The summed E-state index contributed by atoms with van der Waals surface area (Å²) in [5, 5.41) is 1.62. The fourth-order valence-electron chi connectivity index (χ4n) is 1.82. The molecule has 2 aromatic carbocycles. The van der Waals surface area contributed by atoms with E-state index >= 15 is 0 Å². The molecule has 2 aromatic rings. The first kappa shape index (κ1) is 14.5. The first-order valence-corrected chi connectivity index (χ1v) is 8.91. The monoisotopic (exact) mass is 454 g/mol. The molecular weight excluding hydrogens is 448 g/mol. The average molecular weight is 457 g/mol. The molecule has 0 radical (unpaired) electrons. The van der Waals surface area contributed by atoms with Gasteiger partial charge in [-0.05, 0) is 65.7 Å². The molecule has 0 spiro atoms. The van der Waals surface area contributed by atoms with Gasteiger partial charge in [0.25, 0.3) is 0 Å². The maximum Gasteiger partial charge on any atom is 0.239 e. The highest BCUT2D eigenvalue weighted by Crippen LogP contribution is 2.45. The molecule has 0 saturated carbocycles. The van der Waals surface area contributed by atoms with Gasteiger partial charge in [-0.3, -0.25) is 0 Å². The van der Waals surface area contributed by atoms with Crippen LogP contribution in [0, 0.1) is 6.92 Å². The third kappa shape index (κ3) is 2.40. The van der Waals surface area contributed by atoms with E-state index in [1.54, 1.807) is 6.92 Å². The maximum atomic E-state index is 12.5. The van der Waals surface area contributed by atoms with Crippen LogP contribution in [0.5, 0.6) is 0 Å². The zero-order chi connectivity index (χ0) is 13.6. The van der Waals surface area contributed by atoms with E-state index in [0.29, 0.717) is 4.90 Å². The summed E-state index contributed by atoms with van der Waals surface area (Å²) < 4.78 is 23.7. The van der Waals surface area contributed by atoms with Crippen molar-refractivity contribution >= 4 is 68.4 Å². The Bertz CT molecular complexity index is 703. The first-order chi connectivity index (χ1) is 8.25. The van der Waals surface area contributed by atoms with Crippen molar-refractivity contribution < 1.29 is 8.42 Å². The Kier molecular flexibility index (Phi) is 3.94. The molecule has 6 heteroatoms. The number of rotatable bonds is 1. The van der Waals surface area contributed by atoms with Crippen molar-refractivity contribution in [3.05, 3.63) is 42.0 Å². The van der Waals surface area contributed by atoms with Gasteiger partial charge in [0.1, 0.15) is 0 Å². The van der Waals surface area contributed by atoms with Crippen molar-refractivity contribution in [1.29, 1.82) is 0 Å². The Labute approximate surface area is 131 Å². The standard InChI is InChI=1S/C12H9Br3O2S/c1-8-6-7-9-4-2-3-5-10(9)11(8)18(16,17)12(13,14)15/h2-7H,1H3. The summed E-state index contributed by atoms with van der Waals surface area (Å²) in [4.78, 5) is 0.325. The predicted octanol–water partition coefficient (Wildman–Crippen LogP) is 4.72. The van der Waals surface area contributed by atoms with Crippen LogP contribution in [0.1, 0.15) is 5.56 Å². The zero-order valence-corrected chi connectivity index (χ0v) is 14.9. The molecule has 0 aromatic heterocycles. The molecule has 0 bridgehead atoms. The molecule has 0 aliphatic heterocycles. The van der Waals surface area contributed by atoms with Gasteiger partial charge >= 0.3 is 0 Å². The predicted molar refractivity (Wildman–Crippen MR) is 85.4 cm³/mol. The van der Waals surface area contributed by atoms with Crippen LogP contribution in [0.15, 0.2) is 41.3 Å². The van der Waals surface area contributed by atoms with Gasteiger partial charge in [-0.25, -0.2) is 8.42 Å². The van der Waals surface area contributed by atoms with E-state index in [1.165, 1.54) is 0 Å². The summed E-state index contributed by atoms with van der Waals surface area (Å²) in [7, 11) is -3.58. The molecular formula is C12H9Br3O2S. The SMILES string of the molecule is Cc1ccc2ccccc2c1S(=O)(=O)C(Br)(Br)Br. The van der Waals surface area contributed by atoms with E-state index < -0.39 is 11.3 Å². The molecule has 0 atom stereocenters. The Morgan fingerprint density at radius 2 is 1.61 bits per heavy atom. The molecule has 0 aliphatic carbocycles. The van der Waals surface area contributed by atoms with Crippen LogP contribution in [-0.4, -0.2) is 9.89 Å². The molecule has 0 unspecified atom stereocenters. The minimum atomic E-state index is -3.58. The number of alkyl halides is 3. The second-order valence-corrected chi connectivity index (χ2v) is 14.2. The summed E-state index contributed by atoms with van der Waals surface area (Å²) >= 11 is 9.31.